The Labute approximate surface area is 95.4 Å². The summed E-state index contributed by atoms with van der Waals surface area (Å²) < 4.78 is 5.33. The topological polar surface area (TPSA) is 68.4 Å². The summed E-state index contributed by atoms with van der Waals surface area (Å²) in [7, 11) is 0. The van der Waals surface area contributed by atoms with Gasteiger partial charge in [-0.3, -0.25) is 4.98 Å². The number of nitrogens with two attached hydrogens (primary N) is 1. The first-order chi connectivity index (χ1) is 7.78. The SMILES string of the molecule is NCC1(C(O)c2ccncc2)CCOCC1. The number of hydrogen-bond acceptors (Lipinski definition) is 4. The van der Waals surface area contributed by atoms with Gasteiger partial charge in [-0.05, 0) is 30.5 Å². The molecule has 1 saturated heterocycles. The molecule has 1 fully saturated rings. The largest absolute Gasteiger partial charge is 0.388 e. The number of aliphatic hydroxyl groups excluding tert-OH is 1. The zero-order valence-corrected chi connectivity index (χ0v) is 9.30. The molecule has 0 saturated carbocycles. The molecule has 88 valence electrons. The lowest BCUT2D eigenvalue weighted by Crippen LogP contribution is -2.41. The van der Waals surface area contributed by atoms with Crippen molar-refractivity contribution in [3.8, 4) is 0 Å². The van der Waals surface area contributed by atoms with E-state index in [0.717, 1.165) is 18.4 Å². The van der Waals surface area contributed by atoms with Crippen LogP contribution in [0.2, 0.25) is 0 Å². The van der Waals surface area contributed by atoms with E-state index in [1.807, 2.05) is 12.1 Å². The van der Waals surface area contributed by atoms with Crippen molar-refractivity contribution >= 4 is 0 Å². The van der Waals surface area contributed by atoms with Gasteiger partial charge in [-0.2, -0.15) is 0 Å². The van der Waals surface area contributed by atoms with E-state index in [0.29, 0.717) is 19.8 Å². The fraction of sp³-hybridized carbons (Fsp3) is 0.583. The van der Waals surface area contributed by atoms with Crippen molar-refractivity contribution in [3.05, 3.63) is 30.1 Å². The van der Waals surface area contributed by atoms with Crippen LogP contribution in [0.1, 0.15) is 24.5 Å². The van der Waals surface area contributed by atoms with Crippen LogP contribution in [0.15, 0.2) is 24.5 Å². The molecular weight excluding hydrogens is 204 g/mol. The van der Waals surface area contributed by atoms with Gasteiger partial charge in [0, 0.05) is 37.6 Å². The van der Waals surface area contributed by atoms with Gasteiger partial charge >= 0.3 is 0 Å². The molecule has 1 aliphatic rings. The van der Waals surface area contributed by atoms with Crippen LogP contribution in [-0.4, -0.2) is 29.8 Å². The van der Waals surface area contributed by atoms with E-state index in [1.165, 1.54) is 0 Å². The fourth-order valence-electron chi connectivity index (χ4n) is 2.27. The number of hydrogen-bond donors (Lipinski definition) is 2. The first-order valence-corrected chi connectivity index (χ1v) is 5.64. The molecule has 0 amide bonds. The number of aliphatic hydroxyl groups is 1. The summed E-state index contributed by atoms with van der Waals surface area (Å²) in [5.74, 6) is 0. The number of rotatable bonds is 3. The highest BCUT2D eigenvalue weighted by Gasteiger charge is 2.39. The Hall–Kier alpha value is -0.970. The summed E-state index contributed by atoms with van der Waals surface area (Å²) in [6.45, 7) is 1.85. The number of aromatic nitrogens is 1. The molecule has 16 heavy (non-hydrogen) atoms. The van der Waals surface area contributed by atoms with Crippen LogP contribution in [0, 0.1) is 5.41 Å². The Kier molecular flexibility index (Phi) is 3.53. The highest BCUT2D eigenvalue weighted by molar-refractivity contribution is 5.16. The van der Waals surface area contributed by atoms with E-state index in [1.54, 1.807) is 12.4 Å². The van der Waals surface area contributed by atoms with Gasteiger partial charge in [0.25, 0.3) is 0 Å². The molecular formula is C12H18N2O2. The third-order valence-corrected chi connectivity index (χ3v) is 3.50. The highest BCUT2D eigenvalue weighted by atomic mass is 16.5. The summed E-state index contributed by atoms with van der Waals surface area (Å²) >= 11 is 0. The number of pyridine rings is 1. The molecule has 1 aromatic rings. The predicted octanol–water partition coefficient (Wildman–Crippen LogP) is 0.870. The van der Waals surface area contributed by atoms with Gasteiger partial charge in [0.05, 0.1) is 6.10 Å². The molecule has 4 heteroatoms. The second-order valence-corrected chi connectivity index (χ2v) is 4.36. The van der Waals surface area contributed by atoms with Gasteiger partial charge in [0.2, 0.25) is 0 Å². The summed E-state index contributed by atoms with van der Waals surface area (Å²) in [6, 6.07) is 3.69. The van der Waals surface area contributed by atoms with Crippen molar-refractivity contribution in [1.82, 2.24) is 4.98 Å². The molecule has 0 radical (unpaired) electrons. The minimum Gasteiger partial charge on any atom is -0.388 e. The molecule has 1 aliphatic heterocycles. The molecule has 0 aromatic carbocycles. The van der Waals surface area contributed by atoms with Crippen molar-refractivity contribution in [3.63, 3.8) is 0 Å². The molecule has 2 heterocycles. The van der Waals surface area contributed by atoms with Gasteiger partial charge in [-0.25, -0.2) is 0 Å². The molecule has 0 bridgehead atoms. The third kappa shape index (κ3) is 2.09. The third-order valence-electron chi connectivity index (χ3n) is 3.50. The molecule has 0 spiro atoms. The van der Waals surface area contributed by atoms with Crippen LogP contribution in [0.5, 0.6) is 0 Å². The number of nitrogens with zero attached hydrogens (tertiary/aromatic N) is 1. The molecule has 4 nitrogen and oxygen atoms in total. The van der Waals surface area contributed by atoms with Crippen molar-refractivity contribution in [2.24, 2.45) is 11.1 Å². The summed E-state index contributed by atoms with van der Waals surface area (Å²) in [5.41, 5.74) is 6.50. The van der Waals surface area contributed by atoms with Gasteiger partial charge in [-0.1, -0.05) is 0 Å². The minimum atomic E-state index is -0.524. The lowest BCUT2D eigenvalue weighted by molar-refractivity contribution is -0.0581. The molecule has 1 aromatic heterocycles. The standard InChI is InChI=1S/C12H18N2O2/c13-9-12(3-7-16-8-4-12)11(15)10-1-5-14-6-2-10/h1-2,5-6,11,15H,3-4,7-9,13H2. The quantitative estimate of drug-likeness (QED) is 0.796. The van der Waals surface area contributed by atoms with Crippen LogP contribution in [0.4, 0.5) is 0 Å². The Morgan fingerprint density at radius 2 is 2.00 bits per heavy atom. The average Bonchev–Trinajstić information content (AvgIpc) is 2.39. The highest BCUT2D eigenvalue weighted by Crippen LogP contribution is 2.41. The first-order valence-electron chi connectivity index (χ1n) is 5.64. The van der Waals surface area contributed by atoms with Gasteiger partial charge < -0.3 is 15.6 Å². The zero-order valence-electron chi connectivity index (χ0n) is 9.30. The molecule has 1 atom stereocenters. The van der Waals surface area contributed by atoms with E-state index in [-0.39, 0.29) is 5.41 Å². The Balaban J connectivity index is 2.20. The van der Waals surface area contributed by atoms with Crippen LogP contribution in [0.3, 0.4) is 0 Å². The first kappa shape index (κ1) is 11.5. The van der Waals surface area contributed by atoms with E-state index in [2.05, 4.69) is 4.98 Å². The van der Waals surface area contributed by atoms with Gasteiger partial charge in [0.1, 0.15) is 0 Å². The molecule has 2 rings (SSSR count). The summed E-state index contributed by atoms with van der Waals surface area (Å²) in [6.07, 6.45) is 4.49. The zero-order chi connectivity index (χ0) is 11.4. The fourth-order valence-corrected chi connectivity index (χ4v) is 2.27. The van der Waals surface area contributed by atoms with Crippen LogP contribution in [-0.2, 0) is 4.74 Å². The van der Waals surface area contributed by atoms with Crippen LogP contribution in [0.25, 0.3) is 0 Å². The maximum Gasteiger partial charge on any atom is 0.0861 e. The summed E-state index contributed by atoms with van der Waals surface area (Å²) in [5, 5.41) is 10.4. The predicted molar refractivity (Wildman–Crippen MR) is 60.7 cm³/mol. The number of ether oxygens (including phenoxy) is 1. The van der Waals surface area contributed by atoms with Gasteiger partial charge in [0.15, 0.2) is 0 Å². The summed E-state index contributed by atoms with van der Waals surface area (Å²) in [4.78, 5) is 3.95. The second-order valence-electron chi connectivity index (χ2n) is 4.36. The van der Waals surface area contributed by atoms with Crippen molar-refractivity contribution in [2.45, 2.75) is 18.9 Å². The Morgan fingerprint density at radius 1 is 1.38 bits per heavy atom. The average molecular weight is 222 g/mol. The molecule has 3 N–H and O–H groups in total. The Bertz CT molecular complexity index is 323. The molecule has 0 aliphatic carbocycles. The van der Waals surface area contributed by atoms with Gasteiger partial charge in [-0.15, -0.1) is 0 Å². The van der Waals surface area contributed by atoms with Crippen molar-refractivity contribution in [1.29, 1.82) is 0 Å². The Morgan fingerprint density at radius 3 is 2.56 bits per heavy atom. The van der Waals surface area contributed by atoms with Crippen LogP contribution < -0.4 is 5.73 Å². The smallest absolute Gasteiger partial charge is 0.0861 e. The van der Waals surface area contributed by atoms with E-state index in [4.69, 9.17) is 10.5 Å². The van der Waals surface area contributed by atoms with E-state index < -0.39 is 6.10 Å². The van der Waals surface area contributed by atoms with Crippen molar-refractivity contribution in [2.75, 3.05) is 19.8 Å². The lowest BCUT2D eigenvalue weighted by Gasteiger charge is -2.40. The normalized spacial score (nSPS) is 21.6. The van der Waals surface area contributed by atoms with E-state index in [9.17, 15) is 5.11 Å². The van der Waals surface area contributed by atoms with Crippen LogP contribution >= 0.6 is 0 Å². The van der Waals surface area contributed by atoms with Crippen molar-refractivity contribution < 1.29 is 9.84 Å². The lowest BCUT2D eigenvalue weighted by atomic mass is 9.73. The molecule has 1 unspecified atom stereocenters. The maximum atomic E-state index is 10.4. The second kappa shape index (κ2) is 4.91. The minimum absolute atomic E-state index is 0.237. The monoisotopic (exact) mass is 222 g/mol. The van der Waals surface area contributed by atoms with E-state index >= 15 is 0 Å². The maximum absolute atomic E-state index is 10.4.